The normalized spacial score (nSPS) is 13.9. The first-order valence-corrected chi connectivity index (χ1v) is 12.5. The summed E-state index contributed by atoms with van der Waals surface area (Å²) in [6.45, 7) is 4.58. The third-order valence-corrected chi connectivity index (χ3v) is 6.53. The molecular formula is C31H30N4O2. The van der Waals surface area contributed by atoms with Crippen LogP contribution in [0.2, 0.25) is 0 Å². The van der Waals surface area contributed by atoms with Crippen molar-refractivity contribution < 1.29 is 9.53 Å². The highest BCUT2D eigenvalue weighted by molar-refractivity contribution is 6.24. The first-order valence-electron chi connectivity index (χ1n) is 12.5. The average Bonchev–Trinajstić information content (AvgIpc) is 2.96. The summed E-state index contributed by atoms with van der Waals surface area (Å²) < 4.78 is 5.28. The molecular weight excluding hydrogens is 460 g/mol. The number of ether oxygens (including phenoxy) is 1. The van der Waals surface area contributed by atoms with Crippen LogP contribution in [0.4, 0.5) is 5.82 Å². The van der Waals surface area contributed by atoms with Gasteiger partial charge in [0.2, 0.25) is 0 Å². The van der Waals surface area contributed by atoms with E-state index in [4.69, 9.17) is 9.72 Å². The van der Waals surface area contributed by atoms with E-state index in [9.17, 15) is 4.79 Å². The van der Waals surface area contributed by atoms with Crippen molar-refractivity contribution in [2.24, 2.45) is 0 Å². The maximum absolute atomic E-state index is 13.8. The van der Waals surface area contributed by atoms with Crippen molar-refractivity contribution in [2.75, 3.05) is 38.2 Å². The van der Waals surface area contributed by atoms with Gasteiger partial charge in [0, 0.05) is 43.4 Å². The molecule has 0 N–H and O–H groups in total. The van der Waals surface area contributed by atoms with Crippen molar-refractivity contribution in [1.29, 1.82) is 0 Å². The number of aromatic nitrogens is 2. The van der Waals surface area contributed by atoms with Gasteiger partial charge in [-0.25, -0.2) is 9.97 Å². The van der Waals surface area contributed by atoms with Gasteiger partial charge in [0.15, 0.2) is 0 Å². The SMILES string of the molecule is COc1ccc(/C=C(/C(=O)N2CCN(c3cc(-c4ccccc4)nc(C)n3)CC2)c2ccccc2)cc1. The highest BCUT2D eigenvalue weighted by atomic mass is 16.5. The average molecular weight is 491 g/mol. The van der Waals surface area contributed by atoms with E-state index in [0.29, 0.717) is 31.8 Å². The molecule has 0 saturated carbocycles. The summed E-state index contributed by atoms with van der Waals surface area (Å²) in [5.41, 5.74) is 4.53. The molecule has 4 aromatic rings. The maximum atomic E-state index is 13.8. The number of aryl methyl sites for hydroxylation is 1. The number of carbonyl (C=O) groups is 1. The molecule has 0 bridgehead atoms. The molecule has 1 amide bonds. The molecule has 5 rings (SSSR count). The van der Waals surface area contributed by atoms with Gasteiger partial charge in [0.05, 0.1) is 12.8 Å². The number of rotatable bonds is 6. The molecule has 186 valence electrons. The second kappa shape index (κ2) is 11.1. The van der Waals surface area contributed by atoms with E-state index in [1.807, 2.05) is 96.8 Å². The Kier molecular flexibility index (Phi) is 7.26. The van der Waals surface area contributed by atoms with Crippen molar-refractivity contribution in [1.82, 2.24) is 14.9 Å². The lowest BCUT2D eigenvalue weighted by atomic mass is 10.0. The minimum Gasteiger partial charge on any atom is -0.497 e. The van der Waals surface area contributed by atoms with Gasteiger partial charge in [-0.05, 0) is 36.3 Å². The smallest absolute Gasteiger partial charge is 0.254 e. The lowest BCUT2D eigenvalue weighted by Crippen LogP contribution is -2.49. The molecule has 0 spiro atoms. The molecule has 0 unspecified atom stereocenters. The summed E-state index contributed by atoms with van der Waals surface area (Å²) >= 11 is 0. The zero-order valence-corrected chi connectivity index (χ0v) is 21.2. The molecule has 1 saturated heterocycles. The Morgan fingerprint density at radius 2 is 1.49 bits per heavy atom. The summed E-state index contributed by atoms with van der Waals surface area (Å²) in [6.07, 6.45) is 1.96. The molecule has 1 aliphatic heterocycles. The van der Waals surface area contributed by atoms with Gasteiger partial charge in [-0.2, -0.15) is 0 Å². The fraction of sp³-hybridized carbons (Fsp3) is 0.194. The van der Waals surface area contributed by atoms with Crippen LogP contribution in [0, 0.1) is 6.92 Å². The molecule has 0 radical (unpaired) electrons. The fourth-order valence-electron chi connectivity index (χ4n) is 4.53. The Hall–Kier alpha value is -4.45. The van der Waals surface area contributed by atoms with Gasteiger partial charge in [-0.1, -0.05) is 72.8 Å². The Labute approximate surface area is 217 Å². The molecule has 2 heterocycles. The number of amides is 1. The van der Waals surface area contributed by atoms with Crippen LogP contribution in [0.25, 0.3) is 22.9 Å². The maximum Gasteiger partial charge on any atom is 0.254 e. The highest BCUT2D eigenvalue weighted by Crippen LogP contribution is 2.25. The molecule has 3 aromatic carbocycles. The monoisotopic (exact) mass is 490 g/mol. The lowest BCUT2D eigenvalue weighted by Gasteiger charge is -2.36. The second-order valence-corrected chi connectivity index (χ2v) is 9.00. The third kappa shape index (κ3) is 5.70. The Morgan fingerprint density at radius 3 is 2.14 bits per heavy atom. The van der Waals surface area contributed by atoms with Crippen LogP contribution in [0.5, 0.6) is 5.75 Å². The van der Waals surface area contributed by atoms with Crippen LogP contribution in [0.15, 0.2) is 91.0 Å². The zero-order valence-electron chi connectivity index (χ0n) is 21.2. The molecule has 6 nitrogen and oxygen atoms in total. The predicted octanol–water partition coefficient (Wildman–Crippen LogP) is 5.35. The largest absolute Gasteiger partial charge is 0.497 e. The summed E-state index contributed by atoms with van der Waals surface area (Å²) in [4.78, 5) is 27.3. The van der Waals surface area contributed by atoms with Crippen molar-refractivity contribution >= 4 is 23.4 Å². The van der Waals surface area contributed by atoms with Crippen LogP contribution in [-0.4, -0.2) is 54.1 Å². The Balaban J connectivity index is 1.35. The number of piperazine rings is 1. The quantitative estimate of drug-likeness (QED) is 0.269. The molecule has 6 heteroatoms. The number of hydrogen-bond donors (Lipinski definition) is 0. The van der Waals surface area contributed by atoms with E-state index in [1.165, 1.54) is 0 Å². The van der Waals surface area contributed by atoms with E-state index >= 15 is 0 Å². The number of methoxy groups -OCH3 is 1. The van der Waals surface area contributed by atoms with Crippen LogP contribution >= 0.6 is 0 Å². The van der Waals surface area contributed by atoms with Gasteiger partial charge in [-0.15, -0.1) is 0 Å². The number of anilines is 1. The summed E-state index contributed by atoms with van der Waals surface area (Å²) in [6, 6.07) is 29.8. The highest BCUT2D eigenvalue weighted by Gasteiger charge is 2.25. The van der Waals surface area contributed by atoms with Crippen LogP contribution in [0.3, 0.4) is 0 Å². The van der Waals surface area contributed by atoms with E-state index < -0.39 is 0 Å². The topological polar surface area (TPSA) is 58.6 Å². The first-order chi connectivity index (χ1) is 18.1. The summed E-state index contributed by atoms with van der Waals surface area (Å²) in [5.74, 6) is 2.46. The van der Waals surface area contributed by atoms with Crippen LogP contribution < -0.4 is 9.64 Å². The van der Waals surface area contributed by atoms with Crippen LogP contribution in [-0.2, 0) is 4.79 Å². The summed E-state index contributed by atoms with van der Waals surface area (Å²) in [5, 5.41) is 0. The standard InChI is InChI=1S/C31H30N4O2/c1-23-32-29(26-11-7-4-8-12-26)22-30(33-23)34-17-19-35(20-18-34)31(36)28(25-9-5-3-6-10-25)21-24-13-15-27(37-2)16-14-24/h3-16,21-22H,17-20H2,1-2H3/b28-21+. The van der Waals surface area contributed by atoms with Gasteiger partial charge < -0.3 is 14.5 Å². The molecule has 1 aliphatic rings. The summed E-state index contributed by atoms with van der Waals surface area (Å²) in [7, 11) is 1.65. The van der Waals surface area contributed by atoms with E-state index in [0.717, 1.165) is 39.8 Å². The lowest BCUT2D eigenvalue weighted by molar-refractivity contribution is -0.125. The molecule has 0 atom stereocenters. The third-order valence-electron chi connectivity index (χ3n) is 6.53. The minimum atomic E-state index is 0.0329. The number of hydrogen-bond acceptors (Lipinski definition) is 5. The zero-order chi connectivity index (χ0) is 25.6. The van der Waals surface area contributed by atoms with Gasteiger partial charge >= 0.3 is 0 Å². The van der Waals surface area contributed by atoms with E-state index in [-0.39, 0.29) is 5.91 Å². The number of carbonyl (C=O) groups excluding carboxylic acids is 1. The molecule has 0 aliphatic carbocycles. The minimum absolute atomic E-state index is 0.0329. The molecule has 1 aromatic heterocycles. The Bertz CT molecular complexity index is 1380. The van der Waals surface area contributed by atoms with Gasteiger partial charge in [-0.3, -0.25) is 4.79 Å². The van der Waals surface area contributed by atoms with Crippen molar-refractivity contribution in [3.8, 4) is 17.0 Å². The molecule has 1 fully saturated rings. The van der Waals surface area contributed by atoms with Gasteiger partial charge in [0.1, 0.15) is 17.4 Å². The van der Waals surface area contributed by atoms with E-state index in [2.05, 4.69) is 22.0 Å². The Morgan fingerprint density at radius 1 is 0.838 bits per heavy atom. The molecule has 37 heavy (non-hydrogen) atoms. The van der Waals surface area contributed by atoms with Crippen molar-refractivity contribution in [3.05, 3.63) is 108 Å². The second-order valence-electron chi connectivity index (χ2n) is 9.00. The number of benzene rings is 3. The predicted molar refractivity (Wildman–Crippen MR) is 148 cm³/mol. The fourth-order valence-corrected chi connectivity index (χ4v) is 4.53. The van der Waals surface area contributed by atoms with E-state index in [1.54, 1.807) is 7.11 Å². The van der Waals surface area contributed by atoms with Crippen molar-refractivity contribution in [2.45, 2.75) is 6.92 Å². The first kappa shape index (κ1) is 24.3. The van der Waals surface area contributed by atoms with Crippen LogP contribution in [0.1, 0.15) is 17.0 Å². The van der Waals surface area contributed by atoms with Crippen molar-refractivity contribution in [3.63, 3.8) is 0 Å². The van der Waals surface area contributed by atoms with Gasteiger partial charge in [0.25, 0.3) is 5.91 Å². The number of nitrogens with zero attached hydrogens (tertiary/aromatic N) is 4.